The van der Waals surface area contributed by atoms with Crippen LogP contribution in [0.1, 0.15) is 32.8 Å². The number of rotatable bonds is 5. The van der Waals surface area contributed by atoms with E-state index in [4.69, 9.17) is 0 Å². The van der Waals surface area contributed by atoms with Crippen LogP contribution in [0.4, 0.5) is 12.9 Å². The van der Waals surface area contributed by atoms with Crippen molar-refractivity contribution in [2.75, 3.05) is 6.51 Å². The molecule has 1 rings (SSSR count). The molecule has 96 valence electrons. The largest absolute Gasteiger partial charge is 1.00 e. The van der Waals surface area contributed by atoms with Crippen LogP contribution >= 0.6 is 0 Å². The first-order valence-corrected chi connectivity index (χ1v) is 5.69. The van der Waals surface area contributed by atoms with Crippen molar-refractivity contribution in [1.82, 2.24) is 0 Å². The van der Waals surface area contributed by atoms with Crippen LogP contribution in [0.5, 0.6) is 5.75 Å². The van der Waals surface area contributed by atoms with Gasteiger partial charge in [0.2, 0.25) is 0 Å². The number of hydrogen-bond acceptors (Lipinski definition) is 1. The molecule has 6 heteroatoms. The Kier molecular flexibility index (Phi) is 7.54. The van der Waals surface area contributed by atoms with Gasteiger partial charge in [0.15, 0.2) is 0 Å². The number of ether oxygens (including phenoxy) is 1. The molecule has 1 nitrogen and oxygen atoms in total. The molecular weight excluding hydrogens is 267 g/mol. The Labute approximate surface area is 149 Å². The van der Waals surface area contributed by atoms with E-state index in [9.17, 15) is 12.9 Å². The van der Waals surface area contributed by atoms with Gasteiger partial charge >= 0.3 is 58.4 Å². The molecule has 0 aliphatic heterocycles. The molecule has 0 fully saturated rings. The van der Waals surface area contributed by atoms with Gasteiger partial charge < -0.3 is 17.7 Å². The number of benzene rings is 1. The van der Waals surface area contributed by atoms with E-state index in [0.29, 0.717) is 0 Å². The molecule has 0 saturated heterocycles. The van der Waals surface area contributed by atoms with Crippen LogP contribution in [0, 0.1) is 0 Å². The Balaban J connectivity index is 0.00000289. The van der Waals surface area contributed by atoms with Crippen molar-refractivity contribution in [2.24, 2.45) is 0 Å². The molecule has 0 unspecified atom stereocenters. The predicted molar refractivity (Wildman–Crippen MR) is 64.3 cm³/mol. The number of halogens is 3. The molecule has 0 aromatic heterocycles. The van der Waals surface area contributed by atoms with Crippen LogP contribution in [0.15, 0.2) is 24.3 Å². The molecule has 1 aromatic rings. The summed E-state index contributed by atoms with van der Waals surface area (Å²) in [6.07, 6.45) is 0.971. The molecule has 0 aliphatic carbocycles. The summed E-state index contributed by atoms with van der Waals surface area (Å²) in [5.74, 6) is 0.264. The first-order chi connectivity index (χ1) is 7.74. The third kappa shape index (κ3) is 6.10. The molecule has 0 radical (unpaired) electrons. The van der Waals surface area contributed by atoms with Gasteiger partial charge in [0, 0.05) is 0 Å². The Hall–Kier alpha value is 0.511. The minimum atomic E-state index is -4.89. The fraction of sp³-hybridized carbons (Fsp3) is 0.500. The van der Waals surface area contributed by atoms with Crippen molar-refractivity contribution in [3.05, 3.63) is 29.8 Å². The van der Waals surface area contributed by atoms with E-state index in [-0.39, 0.29) is 62.5 Å². The quantitative estimate of drug-likeness (QED) is 0.737. The average Bonchev–Trinajstić information content (AvgIpc) is 2.26. The second-order valence-corrected chi connectivity index (χ2v) is 4.78. The van der Waals surface area contributed by atoms with Gasteiger partial charge in [0.05, 0.1) is 6.51 Å². The molecule has 0 atom stereocenters. The summed E-state index contributed by atoms with van der Waals surface area (Å²) >= 11 is 0. The van der Waals surface area contributed by atoms with E-state index in [1.165, 1.54) is 0 Å². The zero-order valence-corrected chi connectivity index (χ0v) is 14.5. The van der Waals surface area contributed by atoms with E-state index in [1.807, 2.05) is 12.1 Å². The first kappa shape index (κ1) is 18.5. The van der Waals surface area contributed by atoms with Crippen LogP contribution in [0.3, 0.4) is 0 Å². The van der Waals surface area contributed by atoms with Gasteiger partial charge in [-0.3, -0.25) is 0 Å². The maximum atomic E-state index is 12.0. The zero-order valence-electron chi connectivity index (χ0n) is 11.3. The first-order valence-electron chi connectivity index (χ1n) is 5.69. The predicted octanol–water partition coefficient (Wildman–Crippen LogP) is 1.14. The Morgan fingerprint density at radius 3 is 2.00 bits per heavy atom. The second kappa shape index (κ2) is 7.34. The molecule has 0 heterocycles. The molecule has 0 N–H and O–H groups in total. The second-order valence-electron chi connectivity index (χ2n) is 4.78. The van der Waals surface area contributed by atoms with Crippen molar-refractivity contribution in [3.8, 4) is 5.75 Å². The minimum Gasteiger partial charge on any atom is -0.522 e. The fourth-order valence-electron chi connectivity index (χ4n) is 1.40. The van der Waals surface area contributed by atoms with Crippen molar-refractivity contribution in [1.29, 1.82) is 0 Å². The summed E-state index contributed by atoms with van der Waals surface area (Å²) < 4.78 is 40.7. The maximum absolute atomic E-state index is 12.0. The van der Waals surface area contributed by atoms with E-state index in [2.05, 4.69) is 25.5 Å². The monoisotopic (exact) mass is 284 g/mol. The van der Waals surface area contributed by atoms with E-state index in [1.54, 1.807) is 12.1 Å². The van der Waals surface area contributed by atoms with Gasteiger partial charge in [-0.15, -0.1) is 0 Å². The van der Waals surface area contributed by atoms with Crippen molar-refractivity contribution in [3.63, 3.8) is 0 Å². The molecule has 0 saturated carbocycles. The van der Waals surface area contributed by atoms with Gasteiger partial charge in [-0.05, 0) is 29.5 Å². The molecular formula is C12H17BF3KO. The van der Waals surface area contributed by atoms with Crippen molar-refractivity contribution < 1.29 is 69.1 Å². The van der Waals surface area contributed by atoms with Gasteiger partial charge in [0.25, 0.3) is 0 Å². The minimum absolute atomic E-state index is 0. The fourth-order valence-corrected chi connectivity index (χ4v) is 1.40. The summed E-state index contributed by atoms with van der Waals surface area (Å²) in [5, 5.41) is 0. The summed E-state index contributed by atoms with van der Waals surface area (Å²) in [4.78, 5) is 0. The maximum Gasteiger partial charge on any atom is 1.00 e. The van der Waals surface area contributed by atoms with Gasteiger partial charge in [-0.2, -0.15) is 0 Å². The topological polar surface area (TPSA) is 9.23 Å². The Morgan fingerprint density at radius 2 is 1.61 bits per heavy atom. The van der Waals surface area contributed by atoms with Crippen LogP contribution in [-0.4, -0.2) is 13.5 Å². The smallest absolute Gasteiger partial charge is 0.522 e. The van der Waals surface area contributed by atoms with Crippen LogP contribution in [0.2, 0.25) is 0 Å². The van der Waals surface area contributed by atoms with Gasteiger partial charge in [-0.25, -0.2) is 0 Å². The molecule has 0 amide bonds. The van der Waals surface area contributed by atoms with E-state index < -0.39 is 13.5 Å². The summed E-state index contributed by atoms with van der Waals surface area (Å²) in [6, 6.07) is 6.83. The molecule has 0 spiro atoms. The molecule has 1 aromatic carbocycles. The third-order valence-electron chi connectivity index (χ3n) is 2.96. The average molecular weight is 284 g/mol. The van der Waals surface area contributed by atoms with E-state index in [0.717, 1.165) is 12.0 Å². The SMILES string of the molecule is CCC(C)(C)c1ccc(OC[B-](F)(F)F)cc1.[K+]. The summed E-state index contributed by atoms with van der Waals surface area (Å²) in [6.45, 7) is 0.205. The van der Waals surface area contributed by atoms with Gasteiger partial charge in [0.1, 0.15) is 5.75 Å². The molecule has 0 aliphatic rings. The van der Waals surface area contributed by atoms with Crippen LogP contribution in [-0.2, 0) is 5.41 Å². The zero-order chi connectivity index (χ0) is 13.1. The standard InChI is InChI=1S/C12H17BF3O.K/c1-4-12(2,3)10-5-7-11(8-6-10)17-9-13(14,15)16;/h5-8H,4,9H2,1-3H3;/q-1;+1. The Morgan fingerprint density at radius 1 is 1.11 bits per heavy atom. The summed E-state index contributed by atoms with van der Waals surface area (Å²) in [5.41, 5.74) is 1.14. The van der Waals surface area contributed by atoms with Crippen LogP contribution in [0.25, 0.3) is 0 Å². The van der Waals surface area contributed by atoms with Gasteiger partial charge in [-0.1, -0.05) is 32.9 Å². The summed E-state index contributed by atoms with van der Waals surface area (Å²) in [7, 11) is 0. The third-order valence-corrected chi connectivity index (χ3v) is 2.96. The molecule has 0 bridgehead atoms. The van der Waals surface area contributed by atoms with Crippen LogP contribution < -0.4 is 56.1 Å². The van der Waals surface area contributed by atoms with Crippen molar-refractivity contribution in [2.45, 2.75) is 32.6 Å². The Bertz CT molecular complexity index is 363. The van der Waals surface area contributed by atoms with E-state index >= 15 is 0 Å². The molecule has 18 heavy (non-hydrogen) atoms. The number of hydrogen-bond donors (Lipinski definition) is 0. The van der Waals surface area contributed by atoms with Crippen molar-refractivity contribution >= 4 is 6.98 Å². The normalized spacial score (nSPS) is 11.9.